The van der Waals surface area contributed by atoms with Gasteiger partial charge >= 0.3 is 0 Å². The van der Waals surface area contributed by atoms with E-state index in [1.54, 1.807) is 0 Å². The number of nitrogens with zero attached hydrogens (tertiary/aromatic N) is 1. The predicted octanol–water partition coefficient (Wildman–Crippen LogP) is 3.12. The van der Waals surface area contributed by atoms with Crippen LogP contribution in [0, 0.1) is 6.92 Å². The summed E-state index contributed by atoms with van der Waals surface area (Å²) in [5.74, 6) is 0.591. The van der Waals surface area contributed by atoms with Gasteiger partial charge in [0.05, 0.1) is 6.54 Å². The Morgan fingerprint density at radius 3 is 2.68 bits per heavy atom. The highest BCUT2D eigenvalue weighted by molar-refractivity contribution is 5.78. The molecule has 19 heavy (non-hydrogen) atoms. The lowest BCUT2D eigenvalue weighted by Crippen LogP contribution is -2.39. The molecule has 0 radical (unpaired) electrons. The largest absolute Gasteiger partial charge is 0.370 e. The van der Waals surface area contributed by atoms with Crippen molar-refractivity contribution < 1.29 is 0 Å². The first kappa shape index (κ1) is 13.9. The molecule has 0 heterocycles. The molecule has 0 atom stereocenters. The average molecular weight is 259 g/mol. The van der Waals surface area contributed by atoms with E-state index in [4.69, 9.17) is 5.73 Å². The Balaban J connectivity index is 1.84. The molecule has 1 aliphatic rings. The maximum atomic E-state index is 5.98. The SMILES string of the molecule is Cc1cccc(CN=C(N)NC2CCCCCC2)c1. The molecular formula is C16H25N3. The van der Waals surface area contributed by atoms with Gasteiger partial charge in [0.2, 0.25) is 0 Å². The first-order chi connectivity index (χ1) is 9.24. The first-order valence-electron chi connectivity index (χ1n) is 7.36. The molecule has 1 aromatic carbocycles. The van der Waals surface area contributed by atoms with Gasteiger partial charge in [0.1, 0.15) is 0 Å². The van der Waals surface area contributed by atoms with Crippen LogP contribution in [0.25, 0.3) is 0 Å². The van der Waals surface area contributed by atoms with Crippen LogP contribution in [0.4, 0.5) is 0 Å². The summed E-state index contributed by atoms with van der Waals surface area (Å²) in [4.78, 5) is 4.44. The molecule has 0 aromatic heterocycles. The summed E-state index contributed by atoms with van der Waals surface area (Å²) in [7, 11) is 0. The minimum absolute atomic E-state index is 0.517. The van der Waals surface area contributed by atoms with Crippen molar-refractivity contribution in [2.75, 3.05) is 0 Å². The van der Waals surface area contributed by atoms with E-state index in [2.05, 4.69) is 41.5 Å². The van der Waals surface area contributed by atoms with Crippen LogP contribution in [0.5, 0.6) is 0 Å². The molecule has 3 nitrogen and oxygen atoms in total. The Morgan fingerprint density at radius 1 is 1.26 bits per heavy atom. The lowest BCUT2D eigenvalue weighted by atomic mass is 10.1. The zero-order valence-electron chi connectivity index (χ0n) is 11.9. The third-order valence-corrected chi connectivity index (χ3v) is 3.72. The van der Waals surface area contributed by atoms with Crippen LogP contribution in [0.2, 0.25) is 0 Å². The summed E-state index contributed by atoms with van der Waals surface area (Å²) in [6, 6.07) is 8.93. The lowest BCUT2D eigenvalue weighted by molar-refractivity contribution is 0.530. The number of benzene rings is 1. The van der Waals surface area contributed by atoms with Crippen molar-refractivity contribution >= 4 is 5.96 Å². The van der Waals surface area contributed by atoms with Crippen molar-refractivity contribution in [2.45, 2.75) is 58.0 Å². The average Bonchev–Trinajstić information content (AvgIpc) is 2.65. The van der Waals surface area contributed by atoms with Gasteiger partial charge < -0.3 is 11.1 Å². The van der Waals surface area contributed by atoms with E-state index in [0.717, 1.165) is 0 Å². The fourth-order valence-corrected chi connectivity index (χ4v) is 2.67. The van der Waals surface area contributed by atoms with Crippen LogP contribution >= 0.6 is 0 Å². The number of nitrogens with two attached hydrogens (primary N) is 1. The van der Waals surface area contributed by atoms with E-state index in [9.17, 15) is 0 Å². The Labute approximate surface area is 116 Å². The molecule has 1 saturated carbocycles. The highest BCUT2D eigenvalue weighted by Gasteiger charge is 2.12. The molecule has 3 heteroatoms. The quantitative estimate of drug-likeness (QED) is 0.498. The van der Waals surface area contributed by atoms with Gasteiger partial charge in [-0.2, -0.15) is 0 Å². The second kappa shape index (κ2) is 7.17. The molecule has 1 aliphatic carbocycles. The Morgan fingerprint density at radius 2 is 2.00 bits per heavy atom. The van der Waals surface area contributed by atoms with E-state index in [-0.39, 0.29) is 0 Å². The van der Waals surface area contributed by atoms with E-state index < -0.39 is 0 Å². The van der Waals surface area contributed by atoms with E-state index in [0.29, 0.717) is 18.5 Å². The van der Waals surface area contributed by atoms with Gasteiger partial charge in [0.15, 0.2) is 5.96 Å². The van der Waals surface area contributed by atoms with Gasteiger partial charge in [-0.25, -0.2) is 4.99 Å². The van der Waals surface area contributed by atoms with Crippen molar-refractivity contribution in [3.63, 3.8) is 0 Å². The number of aryl methyl sites for hydroxylation is 1. The van der Waals surface area contributed by atoms with E-state index in [1.807, 2.05) is 0 Å². The zero-order chi connectivity index (χ0) is 13.5. The molecule has 0 spiro atoms. The van der Waals surface area contributed by atoms with Crippen LogP contribution in [0.1, 0.15) is 49.7 Å². The molecule has 0 saturated heterocycles. The van der Waals surface area contributed by atoms with Gasteiger partial charge in [-0.15, -0.1) is 0 Å². The number of hydrogen-bond acceptors (Lipinski definition) is 1. The molecule has 0 amide bonds. The first-order valence-corrected chi connectivity index (χ1v) is 7.36. The number of rotatable bonds is 3. The Bertz CT molecular complexity index is 418. The molecule has 3 N–H and O–H groups in total. The summed E-state index contributed by atoms with van der Waals surface area (Å²) in [6.07, 6.45) is 7.78. The standard InChI is InChI=1S/C16H25N3/c1-13-7-6-8-14(11-13)12-18-16(17)19-15-9-4-2-3-5-10-15/h6-8,11,15H,2-5,9-10,12H2,1H3,(H3,17,18,19). The summed E-state index contributed by atoms with van der Waals surface area (Å²) in [5.41, 5.74) is 8.46. The van der Waals surface area contributed by atoms with Gasteiger partial charge in [0.25, 0.3) is 0 Å². The van der Waals surface area contributed by atoms with Crippen LogP contribution in [0.3, 0.4) is 0 Å². The van der Waals surface area contributed by atoms with Gasteiger partial charge in [-0.3, -0.25) is 0 Å². The molecule has 1 fully saturated rings. The van der Waals surface area contributed by atoms with Gasteiger partial charge in [-0.1, -0.05) is 55.5 Å². The molecular weight excluding hydrogens is 234 g/mol. The second-order valence-corrected chi connectivity index (χ2v) is 5.52. The number of hydrogen-bond donors (Lipinski definition) is 2. The molecule has 0 bridgehead atoms. The van der Waals surface area contributed by atoms with Crippen LogP contribution in [-0.2, 0) is 6.54 Å². The minimum Gasteiger partial charge on any atom is -0.370 e. The monoisotopic (exact) mass is 259 g/mol. The zero-order valence-corrected chi connectivity index (χ0v) is 11.9. The smallest absolute Gasteiger partial charge is 0.189 e. The van der Waals surface area contributed by atoms with Crippen molar-refractivity contribution in [3.8, 4) is 0 Å². The van der Waals surface area contributed by atoms with Gasteiger partial charge in [-0.05, 0) is 25.3 Å². The van der Waals surface area contributed by atoms with E-state index >= 15 is 0 Å². The maximum Gasteiger partial charge on any atom is 0.189 e. The summed E-state index contributed by atoms with van der Waals surface area (Å²) in [5, 5.41) is 3.37. The molecule has 2 rings (SSSR count). The fraction of sp³-hybridized carbons (Fsp3) is 0.562. The van der Waals surface area contributed by atoms with Crippen LogP contribution < -0.4 is 11.1 Å². The molecule has 1 aromatic rings. The van der Waals surface area contributed by atoms with Crippen molar-refractivity contribution in [1.29, 1.82) is 0 Å². The van der Waals surface area contributed by atoms with E-state index in [1.165, 1.54) is 49.7 Å². The number of guanidine groups is 1. The maximum absolute atomic E-state index is 5.98. The minimum atomic E-state index is 0.517. The Kier molecular flexibility index (Phi) is 5.25. The topological polar surface area (TPSA) is 50.4 Å². The lowest BCUT2D eigenvalue weighted by Gasteiger charge is -2.16. The molecule has 0 unspecified atom stereocenters. The summed E-state index contributed by atoms with van der Waals surface area (Å²) < 4.78 is 0. The number of aliphatic imine (C=N–C) groups is 1. The van der Waals surface area contributed by atoms with Crippen molar-refractivity contribution in [3.05, 3.63) is 35.4 Å². The fourth-order valence-electron chi connectivity index (χ4n) is 2.67. The highest BCUT2D eigenvalue weighted by Crippen LogP contribution is 2.17. The third-order valence-electron chi connectivity index (χ3n) is 3.72. The second-order valence-electron chi connectivity index (χ2n) is 5.52. The van der Waals surface area contributed by atoms with Gasteiger partial charge in [0, 0.05) is 6.04 Å². The van der Waals surface area contributed by atoms with Crippen LogP contribution in [0.15, 0.2) is 29.3 Å². The molecule has 0 aliphatic heterocycles. The Hall–Kier alpha value is -1.51. The van der Waals surface area contributed by atoms with Crippen molar-refractivity contribution in [1.82, 2.24) is 5.32 Å². The predicted molar refractivity (Wildman–Crippen MR) is 81.1 cm³/mol. The summed E-state index contributed by atoms with van der Waals surface area (Å²) in [6.45, 7) is 2.76. The normalized spacial score (nSPS) is 18.1. The number of nitrogens with one attached hydrogen (secondary N) is 1. The summed E-state index contributed by atoms with van der Waals surface area (Å²) >= 11 is 0. The van der Waals surface area contributed by atoms with Crippen LogP contribution in [-0.4, -0.2) is 12.0 Å². The highest BCUT2D eigenvalue weighted by atomic mass is 15.1. The molecule has 104 valence electrons. The third kappa shape index (κ3) is 4.93. The van der Waals surface area contributed by atoms with Crippen molar-refractivity contribution in [2.24, 2.45) is 10.7 Å².